The van der Waals surface area contributed by atoms with Gasteiger partial charge in [-0.1, -0.05) is 112 Å². The Morgan fingerprint density at radius 3 is 1.76 bits per heavy atom. The van der Waals surface area contributed by atoms with Crippen molar-refractivity contribution in [3.63, 3.8) is 0 Å². The summed E-state index contributed by atoms with van der Waals surface area (Å²) in [6.45, 7) is 19.7. The van der Waals surface area contributed by atoms with E-state index < -0.39 is 0 Å². The zero-order chi connectivity index (χ0) is 27.1. The third kappa shape index (κ3) is 5.22. The number of anilines is 1. The summed E-state index contributed by atoms with van der Waals surface area (Å²) < 4.78 is 2.93. The van der Waals surface area contributed by atoms with Crippen molar-refractivity contribution in [3.8, 4) is 0 Å². The molecule has 1 saturated carbocycles. The van der Waals surface area contributed by atoms with Crippen LogP contribution in [0.3, 0.4) is 0 Å². The van der Waals surface area contributed by atoms with Gasteiger partial charge in [0.25, 0.3) is 0 Å². The molecule has 2 aromatic rings. The highest BCUT2D eigenvalue weighted by molar-refractivity contribution is 7.64. The molecule has 0 N–H and O–H groups in total. The SMILES string of the molecule is CC(C)c1cccc(C(C)C)c1N([Si]c1ccccc1)C1=C(P2C(C(C)C)CCC2C(C)C)C2CCC1C2. The van der Waals surface area contributed by atoms with Crippen LogP contribution in [0, 0.1) is 23.7 Å². The Morgan fingerprint density at radius 2 is 1.24 bits per heavy atom. The molecule has 1 heterocycles. The lowest BCUT2D eigenvalue weighted by molar-refractivity contribution is 0.543. The minimum Gasteiger partial charge on any atom is -0.367 e. The number of hydrogen-bond acceptors (Lipinski definition) is 1. The first-order chi connectivity index (χ1) is 18.2. The van der Waals surface area contributed by atoms with Gasteiger partial charge < -0.3 is 4.57 Å². The molecular weight excluding hydrogens is 493 g/mol. The zero-order valence-corrected chi connectivity index (χ0v) is 27.1. The van der Waals surface area contributed by atoms with Crippen LogP contribution in [0.25, 0.3) is 0 Å². The van der Waals surface area contributed by atoms with Crippen molar-refractivity contribution in [2.45, 2.75) is 111 Å². The number of para-hydroxylation sites is 1. The minimum atomic E-state index is -0.111. The van der Waals surface area contributed by atoms with E-state index in [0.717, 1.165) is 35.0 Å². The molecule has 1 saturated heterocycles. The topological polar surface area (TPSA) is 3.24 Å². The van der Waals surface area contributed by atoms with E-state index in [1.165, 1.54) is 48.4 Å². The summed E-state index contributed by atoms with van der Waals surface area (Å²) in [5.74, 6) is 4.18. The van der Waals surface area contributed by atoms with Crippen LogP contribution in [0.2, 0.25) is 0 Å². The van der Waals surface area contributed by atoms with Gasteiger partial charge in [0.2, 0.25) is 9.68 Å². The van der Waals surface area contributed by atoms with Gasteiger partial charge in [-0.05, 0) is 101 Å². The lowest BCUT2D eigenvalue weighted by Gasteiger charge is -2.41. The summed E-state index contributed by atoms with van der Waals surface area (Å²) in [7, 11) is 0.545. The van der Waals surface area contributed by atoms with Crippen molar-refractivity contribution >= 4 is 28.5 Å². The van der Waals surface area contributed by atoms with E-state index in [9.17, 15) is 0 Å². The molecule has 2 aliphatic carbocycles. The molecule has 2 fully saturated rings. The van der Waals surface area contributed by atoms with Crippen LogP contribution >= 0.6 is 7.92 Å². The molecule has 2 radical (unpaired) electrons. The monoisotopic (exact) mass is 543 g/mol. The summed E-state index contributed by atoms with van der Waals surface area (Å²) in [6, 6.07) is 18.5. The molecule has 204 valence electrons. The Balaban J connectivity index is 1.76. The molecule has 1 nitrogen and oxygen atoms in total. The number of allylic oxidation sites excluding steroid dienone is 2. The molecule has 0 aromatic heterocycles. The third-order valence-electron chi connectivity index (χ3n) is 9.58. The fourth-order valence-electron chi connectivity index (χ4n) is 7.72. The van der Waals surface area contributed by atoms with Crippen molar-refractivity contribution in [1.29, 1.82) is 0 Å². The first-order valence-corrected chi connectivity index (χ1v) is 17.9. The summed E-state index contributed by atoms with van der Waals surface area (Å²) in [4.78, 5) is 0. The fourth-order valence-corrected chi connectivity index (χ4v) is 13.8. The molecule has 38 heavy (non-hydrogen) atoms. The molecule has 4 unspecified atom stereocenters. The van der Waals surface area contributed by atoms with E-state index in [1.54, 1.807) is 11.4 Å². The van der Waals surface area contributed by atoms with Crippen LogP contribution in [-0.2, 0) is 0 Å². The van der Waals surface area contributed by atoms with E-state index in [-0.39, 0.29) is 7.92 Å². The second kappa shape index (κ2) is 11.6. The summed E-state index contributed by atoms with van der Waals surface area (Å²) >= 11 is 0. The molecule has 2 aromatic carbocycles. The minimum absolute atomic E-state index is 0.111. The van der Waals surface area contributed by atoms with Crippen molar-refractivity contribution in [2.24, 2.45) is 23.7 Å². The summed E-state index contributed by atoms with van der Waals surface area (Å²) in [5.41, 5.74) is 8.21. The average Bonchev–Trinajstić information content (AvgIpc) is 3.62. The standard InChI is InChI=1S/C35H50NPSi/c1-22(2)29-15-12-16-30(23(3)4)34(29)36(38-28-13-10-9-11-14-28)33-26-17-18-27(21-26)35(33)37-31(24(5)6)19-20-32(37)25(7)8/h9-16,22-27,31-32H,17-21H2,1-8H3. The molecule has 4 atom stereocenters. The Kier molecular flexibility index (Phi) is 8.61. The highest BCUT2D eigenvalue weighted by atomic mass is 31.1. The lowest BCUT2D eigenvalue weighted by atomic mass is 9.92. The quantitative estimate of drug-likeness (QED) is 0.225. The van der Waals surface area contributed by atoms with Crippen LogP contribution in [-0.4, -0.2) is 21.0 Å². The van der Waals surface area contributed by atoms with Gasteiger partial charge >= 0.3 is 0 Å². The highest BCUT2D eigenvalue weighted by Gasteiger charge is 2.50. The van der Waals surface area contributed by atoms with E-state index in [0.29, 0.717) is 21.5 Å². The van der Waals surface area contributed by atoms with Gasteiger partial charge in [-0.2, -0.15) is 0 Å². The largest absolute Gasteiger partial charge is 0.367 e. The normalized spacial score (nSPS) is 27.1. The maximum absolute atomic E-state index is 2.93. The van der Waals surface area contributed by atoms with Gasteiger partial charge in [0.1, 0.15) is 0 Å². The number of nitrogens with zero attached hydrogens (tertiary/aromatic N) is 1. The van der Waals surface area contributed by atoms with Crippen LogP contribution in [0.5, 0.6) is 0 Å². The maximum atomic E-state index is 2.93. The van der Waals surface area contributed by atoms with Gasteiger partial charge in [-0.15, -0.1) is 0 Å². The van der Waals surface area contributed by atoms with E-state index in [4.69, 9.17) is 0 Å². The molecule has 3 aliphatic rings. The van der Waals surface area contributed by atoms with Gasteiger partial charge in [-0.3, -0.25) is 0 Å². The first-order valence-electron chi connectivity index (χ1n) is 15.5. The Morgan fingerprint density at radius 1 is 0.684 bits per heavy atom. The average molecular weight is 544 g/mol. The molecule has 1 aliphatic heterocycles. The lowest BCUT2D eigenvalue weighted by Crippen LogP contribution is -2.39. The van der Waals surface area contributed by atoms with Crippen molar-refractivity contribution < 1.29 is 0 Å². The predicted octanol–water partition coefficient (Wildman–Crippen LogP) is 9.65. The summed E-state index contributed by atoms with van der Waals surface area (Å²) in [6.07, 6.45) is 7.13. The molecule has 5 rings (SSSR count). The fraction of sp³-hybridized carbons (Fsp3) is 0.600. The van der Waals surface area contributed by atoms with Gasteiger partial charge in [0.15, 0.2) is 0 Å². The van der Waals surface area contributed by atoms with Crippen LogP contribution < -0.4 is 9.75 Å². The van der Waals surface area contributed by atoms with Crippen molar-refractivity contribution in [3.05, 3.63) is 70.7 Å². The number of hydrogen-bond donors (Lipinski definition) is 0. The second-order valence-corrected chi connectivity index (χ2v) is 17.4. The molecule has 2 bridgehead atoms. The van der Waals surface area contributed by atoms with Crippen molar-refractivity contribution in [2.75, 3.05) is 4.57 Å². The van der Waals surface area contributed by atoms with Gasteiger partial charge in [0, 0.05) is 11.4 Å². The molecule has 0 spiro atoms. The predicted molar refractivity (Wildman–Crippen MR) is 170 cm³/mol. The molecule has 3 heteroatoms. The third-order valence-corrected chi connectivity index (χ3v) is 15.1. The molecule has 0 amide bonds. The van der Waals surface area contributed by atoms with E-state index in [1.807, 2.05) is 5.31 Å². The number of benzene rings is 2. The number of rotatable bonds is 9. The highest BCUT2D eigenvalue weighted by Crippen LogP contribution is 2.72. The first kappa shape index (κ1) is 28.2. The maximum Gasteiger partial charge on any atom is 0.226 e. The second-order valence-electron chi connectivity index (χ2n) is 13.5. The zero-order valence-electron chi connectivity index (χ0n) is 25.2. The van der Waals surface area contributed by atoms with Gasteiger partial charge in [-0.25, -0.2) is 0 Å². The summed E-state index contributed by atoms with van der Waals surface area (Å²) in [5, 5.41) is 3.44. The van der Waals surface area contributed by atoms with Crippen LogP contribution in [0.1, 0.15) is 110 Å². The smallest absolute Gasteiger partial charge is 0.226 e. The Labute approximate surface area is 237 Å². The van der Waals surface area contributed by atoms with E-state index in [2.05, 4.69) is 108 Å². The van der Waals surface area contributed by atoms with Crippen LogP contribution in [0.15, 0.2) is 59.5 Å². The number of fused-ring (bicyclic) bond motifs is 2. The Hall–Kier alpha value is -1.37. The van der Waals surface area contributed by atoms with Gasteiger partial charge in [0.05, 0.1) is 0 Å². The van der Waals surface area contributed by atoms with E-state index >= 15 is 0 Å². The molecular formula is C35H50NPSi. The van der Waals surface area contributed by atoms with Crippen molar-refractivity contribution in [1.82, 2.24) is 0 Å². The van der Waals surface area contributed by atoms with Crippen LogP contribution in [0.4, 0.5) is 5.69 Å². The Bertz CT molecular complexity index is 1090.